The number of ether oxygens (including phenoxy) is 1. The second kappa shape index (κ2) is 32.2. The molecule has 0 aliphatic carbocycles. The molecular formula is C62H87N9O12S. The molecule has 0 saturated carbocycles. The largest absolute Gasteiger partial charge is 0.508 e. The first-order valence-corrected chi connectivity index (χ1v) is 31.2. The van der Waals surface area contributed by atoms with Gasteiger partial charge in [0.2, 0.25) is 35.4 Å². The van der Waals surface area contributed by atoms with Crippen LogP contribution < -0.4 is 42.8 Å². The van der Waals surface area contributed by atoms with Crippen molar-refractivity contribution in [1.29, 1.82) is 0 Å². The van der Waals surface area contributed by atoms with Gasteiger partial charge in [0.1, 0.15) is 47.8 Å². The van der Waals surface area contributed by atoms with Crippen LogP contribution in [0.25, 0.3) is 10.8 Å². The van der Waals surface area contributed by atoms with Crippen molar-refractivity contribution in [2.45, 2.75) is 178 Å². The molecule has 3 fully saturated rings. The third-order valence-electron chi connectivity index (χ3n) is 15.6. The highest BCUT2D eigenvalue weighted by molar-refractivity contribution is 7.85. The summed E-state index contributed by atoms with van der Waals surface area (Å²) in [5, 5.41) is 26.1. The smallest absolute Gasteiger partial charge is 0.294 e. The highest BCUT2D eigenvalue weighted by Crippen LogP contribution is 2.26. The van der Waals surface area contributed by atoms with Crippen molar-refractivity contribution in [1.82, 2.24) is 36.4 Å². The number of aromatic hydroxyl groups is 1. The average Bonchev–Trinajstić information content (AvgIpc) is 3.83. The average molecular weight is 1180 g/mol. The van der Waals surface area contributed by atoms with Crippen molar-refractivity contribution in [3.63, 3.8) is 0 Å². The predicted molar refractivity (Wildman–Crippen MR) is 320 cm³/mol. The number of fused-ring (bicyclic) bond motifs is 3. The van der Waals surface area contributed by atoms with E-state index in [4.69, 9.17) is 20.8 Å². The number of nitrogens with zero attached hydrogens (tertiary/aromatic N) is 2. The number of aryl methyl sites for hydroxylation is 2. The van der Waals surface area contributed by atoms with Crippen LogP contribution in [0.3, 0.4) is 0 Å². The number of rotatable bonds is 19. The van der Waals surface area contributed by atoms with Crippen LogP contribution in [0, 0.1) is 12.8 Å². The second-order valence-corrected chi connectivity index (χ2v) is 24.0. The summed E-state index contributed by atoms with van der Waals surface area (Å²) in [4.78, 5) is 103. The van der Waals surface area contributed by atoms with E-state index < -0.39 is 99.7 Å². The van der Waals surface area contributed by atoms with Crippen molar-refractivity contribution in [3.05, 3.63) is 102 Å². The minimum absolute atomic E-state index is 0.0666. The number of benzene rings is 4. The molecule has 458 valence electrons. The lowest BCUT2D eigenvalue weighted by atomic mass is 10.00. The monoisotopic (exact) mass is 1180 g/mol. The van der Waals surface area contributed by atoms with Gasteiger partial charge in [-0.15, -0.1) is 0 Å². The maximum absolute atomic E-state index is 14.6. The van der Waals surface area contributed by atoms with Crippen LogP contribution in [0.1, 0.15) is 139 Å². The van der Waals surface area contributed by atoms with Crippen LogP contribution in [-0.2, 0) is 45.3 Å². The van der Waals surface area contributed by atoms with Crippen LogP contribution in [-0.4, -0.2) is 144 Å². The summed E-state index contributed by atoms with van der Waals surface area (Å²) in [7, 11) is -4.02. The summed E-state index contributed by atoms with van der Waals surface area (Å²) in [6.45, 7) is 8.97. The lowest BCUT2D eigenvalue weighted by Gasteiger charge is -2.32. The van der Waals surface area contributed by atoms with Gasteiger partial charge in [-0.1, -0.05) is 94.8 Å². The van der Waals surface area contributed by atoms with E-state index in [1.807, 2.05) is 31.2 Å². The van der Waals surface area contributed by atoms with Gasteiger partial charge in [0.15, 0.2) is 0 Å². The molecule has 22 heteroatoms. The third kappa shape index (κ3) is 19.5. The maximum Gasteiger partial charge on any atom is 0.294 e. The first-order valence-electron chi connectivity index (χ1n) is 29.7. The molecule has 4 aromatic carbocycles. The molecule has 11 N–H and O–H groups in total. The zero-order chi connectivity index (χ0) is 60.9. The number of phenols is 1. The van der Waals surface area contributed by atoms with Gasteiger partial charge < -0.3 is 57.7 Å². The molecule has 0 bridgehead atoms. The van der Waals surface area contributed by atoms with Crippen molar-refractivity contribution >= 4 is 62.2 Å². The summed E-state index contributed by atoms with van der Waals surface area (Å²) in [6, 6.07) is 16.5. The van der Waals surface area contributed by atoms with Gasteiger partial charge in [0, 0.05) is 31.2 Å². The Morgan fingerprint density at radius 2 is 1.43 bits per heavy atom. The van der Waals surface area contributed by atoms with Crippen molar-refractivity contribution < 1.29 is 56.4 Å². The molecule has 21 nitrogen and oxygen atoms in total. The zero-order valence-electron chi connectivity index (χ0n) is 49.0. The Labute approximate surface area is 493 Å². The van der Waals surface area contributed by atoms with Crippen LogP contribution in [0.5, 0.6) is 11.5 Å². The predicted octanol–water partition coefficient (Wildman–Crippen LogP) is 5.33. The molecule has 7 atom stereocenters. The fraction of sp³-hybridized carbons (Fsp3) is 0.532. The lowest BCUT2D eigenvalue weighted by Crippen LogP contribution is -2.60. The minimum atomic E-state index is -4.02. The molecule has 0 unspecified atom stereocenters. The molecule has 3 heterocycles. The van der Waals surface area contributed by atoms with Crippen LogP contribution in [0.15, 0.2) is 89.8 Å². The first-order chi connectivity index (χ1) is 40.2. The van der Waals surface area contributed by atoms with Crippen molar-refractivity contribution in [2.75, 3.05) is 32.8 Å². The summed E-state index contributed by atoms with van der Waals surface area (Å²) in [5.74, 6) is -3.37. The van der Waals surface area contributed by atoms with E-state index in [2.05, 4.69) is 33.5 Å². The second-order valence-electron chi connectivity index (χ2n) is 22.6. The van der Waals surface area contributed by atoms with Gasteiger partial charge in [0.25, 0.3) is 16.0 Å². The molecule has 0 aromatic heterocycles. The summed E-state index contributed by atoms with van der Waals surface area (Å²) < 4.78 is 35.6. The molecular weight excluding hydrogens is 1090 g/mol. The number of hydrogen-bond acceptors (Lipinski definition) is 13. The minimum Gasteiger partial charge on any atom is -0.508 e. The maximum atomic E-state index is 14.6. The molecule has 4 aromatic rings. The molecule has 7 amide bonds. The summed E-state index contributed by atoms with van der Waals surface area (Å²) >= 11 is 0. The Balaban J connectivity index is 0.000000921. The molecule has 3 aliphatic heterocycles. The van der Waals surface area contributed by atoms with Gasteiger partial charge in [0.05, 0.1) is 11.5 Å². The highest BCUT2D eigenvalue weighted by atomic mass is 32.2. The number of nitrogens with two attached hydrogens (primary N) is 2. The van der Waals surface area contributed by atoms with E-state index in [0.29, 0.717) is 50.8 Å². The Hall–Kier alpha value is -7.14. The Kier molecular flexibility index (Phi) is 25.3. The van der Waals surface area contributed by atoms with E-state index in [0.717, 1.165) is 40.5 Å². The van der Waals surface area contributed by atoms with E-state index >= 15 is 0 Å². The topological polar surface area (TPSA) is 322 Å². The lowest BCUT2D eigenvalue weighted by molar-refractivity contribution is -0.143. The molecule has 0 radical (unpaired) electrons. The van der Waals surface area contributed by atoms with Gasteiger partial charge >= 0.3 is 0 Å². The first kappa shape index (κ1) is 66.0. The van der Waals surface area contributed by atoms with Crippen molar-refractivity contribution in [2.24, 2.45) is 17.4 Å². The van der Waals surface area contributed by atoms with E-state index in [1.54, 1.807) is 50.2 Å². The SMILES string of the molecule is CCCCCCCCOc1ccc2cc(C(=O)N[C@H]3CCCNC(=O)[C@@H]4C[C@H](N)CN4C(=O)[C@H](CCCCN)NC(=O)[C@H](CCc4ccc(O)cc4)NC(=O)[C@@H]4CCCN4C(=O)[C@H](C(C)C)NC3=O)ccc2c1.Cc1ccc(S(=O)(=O)O)cc1. The fourth-order valence-electron chi connectivity index (χ4n) is 10.7. The molecule has 3 aliphatic rings. The zero-order valence-corrected chi connectivity index (χ0v) is 49.8. The number of carbonyl (C=O) groups excluding carboxylic acids is 7. The molecule has 3 saturated heterocycles. The van der Waals surface area contributed by atoms with Crippen LogP contribution >= 0.6 is 0 Å². The van der Waals surface area contributed by atoms with Gasteiger partial charge in [-0.05, 0) is 155 Å². The highest BCUT2D eigenvalue weighted by Gasteiger charge is 2.43. The summed E-state index contributed by atoms with van der Waals surface area (Å²) in [6.07, 6.45) is 9.95. The van der Waals surface area contributed by atoms with Crippen LogP contribution in [0.2, 0.25) is 0 Å². The molecule has 7 rings (SSSR count). The Morgan fingerprint density at radius 1 is 0.738 bits per heavy atom. The van der Waals surface area contributed by atoms with E-state index in [1.165, 1.54) is 59.7 Å². The van der Waals surface area contributed by atoms with Gasteiger partial charge in [-0.3, -0.25) is 38.1 Å². The standard InChI is InChI=1S/C55H79N9O9.C7H8O3S/c1-4-5-6-7-8-11-30-73-42-25-22-37-31-39(21-20-38(37)32-42)49(66)59-43-15-12-28-58-52(69)47-33-40(57)34-64(47)54(71)45(14-9-10-27-56)61-50(67)44(26-19-36-17-23-41(65)24-18-36)60-53(70)46-16-13-29-63(46)55(72)48(35(2)3)62-51(43)68;1-6-2-4-7(5-3-6)11(8,9)10/h17-18,20-25,31-32,35,40,43-48,65H,4-16,19,26-30,33-34,56-57H2,1-3H3,(H,58,69)(H,59,66)(H,60,70)(H,61,67)(H,62,68);2-5H,1H3,(H,8,9,10)/t40-,43-,44-,45-,46-,47-,48-;/m0./s1. The van der Waals surface area contributed by atoms with Crippen LogP contribution in [0.4, 0.5) is 0 Å². The number of unbranched alkanes of at least 4 members (excludes halogenated alkanes) is 6. The molecule has 0 spiro atoms. The quantitative estimate of drug-likeness (QED) is 0.0424. The number of phenolic OH excluding ortho intramolecular Hbond substituents is 1. The van der Waals surface area contributed by atoms with E-state index in [-0.39, 0.29) is 62.4 Å². The normalized spacial score (nSPS) is 22.2. The third-order valence-corrected chi connectivity index (χ3v) is 16.5. The number of nitrogens with one attached hydrogen (secondary N) is 5. The van der Waals surface area contributed by atoms with Gasteiger partial charge in [-0.2, -0.15) is 8.42 Å². The Bertz CT molecular complexity index is 2980. The Morgan fingerprint density at radius 3 is 2.13 bits per heavy atom. The fourth-order valence-corrected chi connectivity index (χ4v) is 11.2. The van der Waals surface area contributed by atoms with Gasteiger partial charge in [-0.25, -0.2) is 0 Å². The number of carbonyl (C=O) groups is 7. The summed E-state index contributed by atoms with van der Waals surface area (Å²) in [5.41, 5.74) is 14.3. The number of hydrogen-bond donors (Lipinski definition) is 9. The van der Waals surface area contributed by atoms with E-state index in [9.17, 15) is 47.1 Å². The molecule has 84 heavy (non-hydrogen) atoms. The van der Waals surface area contributed by atoms with Crippen molar-refractivity contribution in [3.8, 4) is 11.5 Å². The number of amides is 7.